The van der Waals surface area contributed by atoms with E-state index in [1.807, 2.05) is 0 Å². The quantitative estimate of drug-likeness (QED) is 0.815. The van der Waals surface area contributed by atoms with Gasteiger partial charge in [0, 0.05) is 5.69 Å². The Hall–Kier alpha value is -2.97. The summed E-state index contributed by atoms with van der Waals surface area (Å²) in [5.41, 5.74) is 0.266. The van der Waals surface area contributed by atoms with Crippen LogP contribution in [0.15, 0.2) is 47.1 Å². The number of rotatable bonds is 6. The van der Waals surface area contributed by atoms with Gasteiger partial charge in [0.2, 0.25) is 5.91 Å². The van der Waals surface area contributed by atoms with Gasteiger partial charge < -0.3 is 19.8 Å². The number of hydrogen-bond acceptors (Lipinski definition) is 4. The maximum absolute atomic E-state index is 12.4. The summed E-state index contributed by atoms with van der Waals surface area (Å²) in [6.45, 7) is 3.49. The summed E-state index contributed by atoms with van der Waals surface area (Å²) < 4.78 is 45.2. The van der Waals surface area contributed by atoms with Crippen molar-refractivity contribution in [2.24, 2.45) is 5.92 Å². The van der Waals surface area contributed by atoms with Gasteiger partial charge >= 0.3 is 6.36 Å². The molecule has 0 aliphatic heterocycles. The SMILES string of the molecule is CC(C)C(NC(=O)c1ccco1)C(=O)Nc1ccc(OC(F)(F)F)cc1. The Kier molecular flexibility index (Phi) is 5.91. The zero-order valence-electron chi connectivity index (χ0n) is 14.0. The molecule has 2 amide bonds. The van der Waals surface area contributed by atoms with E-state index in [-0.39, 0.29) is 17.4 Å². The Labute approximate surface area is 147 Å². The molecule has 6 nitrogen and oxygen atoms in total. The number of carbonyl (C=O) groups excluding carboxylic acids is 2. The second kappa shape index (κ2) is 7.94. The minimum Gasteiger partial charge on any atom is -0.459 e. The van der Waals surface area contributed by atoms with Gasteiger partial charge in [-0.05, 0) is 42.3 Å². The molecule has 0 fully saturated rings. The molecule has 140 valence electrons. The van der Waals surface area contributed by atoms with Crippen LogP contribution in [0.5, 0.6) is 5.75 Å². The Balaban J connectivity index is 2.02. The number of amides is 2. The number of carbonyl (C=O) groups is 2. The summed E-state index contributed by atoms with van der Waals surface area (Å²) in [4.78, 5) is 24.5. The van der Waals surface area contributed by atoms with Gasteiger partial charge in [0.25, 0.3) is 5.91 Å². The number of ether oxygens (including phenoxy) is 1. The highest BCUT2D eigenvalue weighted by Crippen LogP contribution is 2.24. The van der Waals surface area contributed by atoms with E-state index >= 15 is 0 Å². The number of benzene rings is 1. The van der Waals surface area contributed by atoms with Gasteiger partial charge in [0.05, 0.1) is 6.26 Å². The van der Waals surface area contributed by atoms with Crippen LogP contribution in [-0.2, 0) is 4.79 Å². The van der Waals surface area contributed by atoms with Crippen LogP contribution in [0.4, 0.5) is 18.9 Å². The van der Waals surface area contributed by atoms with Crippen molar-refractivity contribution in [3.8, 4) is 5.75 Å². The molecule has 2 N–H and O–H groups in total. The lowest BCUT2D eigenvalue weighted by Crippen LogP contribution is -2.47. The van der Waals surface area contributed by atoms with Crippen LogP contribution >= 0.6 is 0 Å². The smallest absolute Gasteiger partial charge is 0.459 e. The van der Waals surface area contributed by atoms with Crippen molar-refractivity contribution in [2.75, 3.05) is 5.32 Å². The molecule has 0 saturated heterocycles. The van der Waals surface area contributed by atoms with E-state index in [2.05, 4.69) is 15.4 Å². The molecule has 1 atom stereocenters. The molecule has 0 saturated carbocycles. The van der Waals surface area contributed by atoms with E-state index < -0.39 is 30.0 Å². The highest BCUT2D eigenvalue weighted by Gasteiger charge is 2.31. The predicted octanol–water partition coefficient (Wildman–Crippen LogP) is 3.57. The summed E-state index contributed by atoms with van der Waals surface area (Å²) in [5.74, 6) is -1.62. The molecule has 26 heavy (non-hydrogen) atoms. The maximum Gasteiger partial charge on any atom is 0.573 e. The van der Waals surface area contributed by atoms with Crippen LogP contribution in [0.3, 0.4) is 0 Å². The molecule has 1 heterocycles. The molecule has 1 aromatic heterocycles. The third-order valence-electron chi connectivity index (χ3n) is 3.34. The molecular formula is C17H17F3N2O4. The zero-order valence-corrected chi connectivity index (χ0v) is 14.0. The summed E-state index contributed by atoms with van der Waals surface area (Å²) in [6.07, 6.45) is -3.45. The molecule has 9 heteroatoms. The van der Waals surface area contributed by atoms with Crippen molar-refractivity contribution < 1.29 is 31.9 Å². The molecule has 2 rings (SSSR count). The van der Waals surface area contributed by atoms with Gasteiger partial charge in [-0.25, -0.2) is 0 Å². The van der Waals surface area contributed by atoms with Gasteiger partial charge in [0.1, 0.15) is 11.8 Å². The molecule has 1 aromatic carbocycles. The second-order valence-corrected chi connectivity index (χ2v) is 5.73. The zero-order chi connectivity index (χ0) is 19.3. The highest BCUT2D eigenvalue weighted by atomic mass is 19.4. The lowest BCUT2D eigenvalue weighted by Gasteiger charge is -2.21. The molecule has 0 aliphatic rings. The van der Waals surface area contributed by atoms with Crippen molar-refractivity contribution in [3.63, 3.8) is 0 Å². The molecule has 1 unspecified atom stereocenters. The van der Waals surface area contributed by atoms with Gasteiger partial charge in [-0.15, -0.1) is 13.2 Å². The summed E-state index contributed by atoms with van der Waals surface area (Å²) in [7, 11) is 0. The van der Waals surface area contributed by atoms with Crippen LogP contribution in [0, 0.1) is 5.92 Å². The average molecular weight is 370 g/mol. The fourth-order valence-electron chi connectivity index (χ4n) is 2.12. The van der Waals surface area contributed by atoms with Crippen LogP contribution < -0.4 is 15.4 Å². The van der Waals surface area contributed by atoms with E-state index in [4.69, 9.17) is 4.42 Å². The summed E-state index contributed by atoms with van der Waals surface area (Å²) in [6, 6.07) is 6.84. The topological polar surface area (TPSA) is 80.6 Å². The van der Waals surface area contributed by atoms with Gasteiger partial charge in [-0.2, -0.15) is 0 Å². The molecule has 0 spiro atoms. The number of halogens is 3. The van der Waals surface area contributed by atoms with Crippen LogP contribution in [-0.4, -0.2) is 24.2 Å². The largest absolute Gasteiger partial charge is 0.573 e. The fraction of sp³-hybridized carbons (Fsp3) is 0.294. The van der Waals surface area contributed by atoms with Crippen molar-refractivity contribution in [1.82, 2.24) is 5.32 Å². The van der Waals surface area contributed by atoms with Crippen molar-refractivity contribution in [2.45, 2.75) is 26.3 Å². The number of anilines is 1. The number of alkyl halides is 3. The monoisotopic (exact) mass is 370 g/mol. The lowest BCUT2D eigenvalue weighted by atomic mass is 10.0. The number of furan rings is 1. The maximum atomic E-state index is 12.4. The standard InChI is InChI=1S/C17H17F3N2O4/c1-10(2)14(22-15(23)13-4-3-9-25-13)16(24)21-11-5-7-12(8-6-11)26-17(18,19)20/h3-10,14H,1-2H3,(H,21,24)(H,22,23). The first kappa shape index (κ1) is 19.4. The minimum absolute atomic E-state index is 0.0668. The molecule has 2 aromatic rings. The van der Waals surface area contributed by atoms with E-state index in [9.17, 15) is 22.8 Å². The van der Waals surface area contributed by atoms with Crippen LogP contribution in [0.25, 0.3) is 0 Å². The van der Waals surface area contributed by atoms with Gasteiger partial charge in [-0.3, -0.25) is 9.59 Å². The van der Waals surface area contributed by atoms with E-state index in [1.165, 1.54) is 24.5 Å². The van der Waals surface area contributed by atoms with Crippen molar-refractivity contribution in [3.05, 3.63) is 48.4 Å². The van der Waals surface area contributed by atoms with Crippen LogP contribution in [0.1, 0.15) is 24.4 Å². The molecule has 0 radical (unpaired) electrons. The summed E-state index contributed by atoms with van der Waals surface area (Å²) >= 11 is 0. The first-order valence-electron chi connectivity index (χ1n) is 7.67. The second-order valence-electron chi connectivity index (χ2n) is 5.73. The predicted molar refractivity (Wildman–Crippen MR) is 86.6 cm³/mol. The van der Waals surface area contributed by atoms with E-state index in [0.717, 1.165) is 12.1 Å². The molecule has 0 aliphatic carbocycles. The number of nitrogens with one attached hydrogen (secondary N) is 2. The first-order valence-corrected chi connectivity index (χ1v) is 7.67. The van der Waals surface area contributed by atoms with E-state index in [0.29, 0.717) is 0 Å². The normalized spacial score (nSPS) is 12.5. The third kappa shape index (κ3) is 5.54. The Bertz CT molecular complexity index is 740. The minimum atomic E-state index is -4.79. The fourth-order valence-corrected chi connectivity index (χ4v) is 2.12. The highest BCUT2D eigenvalue weighted by molar-refractivity contribution is 6.00. The van der Waals surface area contributed by atoms with Gasteiger partial charge in [-0.1, -0.05) is 13.8 Å². The van der Waals surface area contributed by atoms with Gasteiger partial charge in [0.15, 0.2) is 5.76 Å². The third-order valence-corrected chi connectivity index (χ3v) is 3.34. The number of hydrogen-bond donors (Lipinski definition) is 2. The Morgan fingerprint density at radius 3 is 2.27 bits per heavy atom. The Morgan fingerprint density at radius 1 is 1.12 bits per heavy atom. The average Bonchev–Trinajstić information content (AvgIpc) is 3.07. The van der Waals surface area contributed by atoms with Crippen LogP contribution in [0.2, 0.25) is 0 Å². The van der Waals surface area contributed by atoms with Crippen molar-refractivity contribution in [1.29, 1.82) is 0 Å². The Morgan fingerprint density at radius 2 is 1.77 bits per heavy atom. The molecular weight excluding hydrogens is 353 g/mol. The van der Waals surface area contributed by atoms with E-state index in [1.54, 1.807) is 19.9 Å². The molecule has 0 bridgehead atoms. The lowest BCUT2D eigenvalue weighted by molar-refractivity contribution is -0.274. The first-order chi connectivity index (χ1) is 12.2. The van der Waals surface area contributed by atoms with Crippen molar-refractivity contribution >= 4 is 17.5 Å². The summed E-state index contributed by atoms with van der Waals surface area (Å²) in [5, 5.41) is 5.11.